The summed E-state index contributed by atoms with van der Waals surface area (Å²) < 4.78 is 0. The van der Waals surface area contributed by atoms with Crippen molar-refractivity contribution in [1.82, 2.24) is 9.97 Å². The molecule has 0 aliphatic rings. The summed E-state index contributed by atoms with van der Waals surface area (Å²) in [6.07, 6.45) is 1.63. The van der Waals surface area contributed by atoms with Gasteiger partial charge in [0.2, 0.25) is 0 Å². The highest BCUT2D eigenvalue weighted by atomic mass is 16.3. The Kier molecular flexibility index (Phi) is 1.03. The van der Waals surface area contributed by atoms with E-state index in [2.05, 4.69) is 9.97 Å². The van der Waals surface area contributed by atoms with Crippen LogP contribution >= 0.6 is 0 Å². The lowest BCUT2D eigenvalue weighted by Crippen LogP contribution is -1.84. The Morgan fingerprint density at radius 1 is 1.55 bits per heavy atom. The van der Waals surface area contributed by atoms with Gasteiger partial charge in [-0.1, -0.05) is 0 Å². The van der Waals surface area contributed by atoms with Gasteiger partial charge in [-0.25, -0.2) is 0 Å². The fourth-order valence-electron chi connectivity index (χ4n) is 1.07. The number of rotatable bonds is 0. The van der Waals surface area contributed by atoms with Gasteiger partial charge in [0.05, 0.1) is 5.39 Å². The second-order valence-electron chi connectivity index (χ2n) is 2.29. The van der Waals surface area contributed by atoms with Crippen molar-refractivity contribution in [2.24, 2.45) is 0 Å². The number of nitrogens with one attached hydrogen (secondary N) is 1. The number of H-pyrrole nitrogens is 1. The minimum atomic E-state index is 0.0746. The van der Waals surface area contributed by atoms with E-state index >= 15 is 0 Å². The van der Waals surface area contributed by atoms with E-state index in [9.17, 15) is 5.11 Å². The number of aromatic nitrogens is 2. The fraction of sp³-hybridized carbons (Fsp3) is 0. The third-order valence-electron chi connectivity index (χ3n) is 1.57. The summed E-state index contributed by atoms with van der Waals surface area (Å²) in [4.78, 5) is 6.57. The predicted octanol–water partition coefficient (Wildman–Crippen LogP) is 0.851. The van der Waals surface area contributed by atoms with Gasteiger partial charge >= 0.3 is 0 Å². The zero-order chi connectivity index (χ0) is 7.84. The molecule has 56 valence electrons. The van der Waals surface area contributed by atoms with Gasteiger partial charge in [0.15, 0.2) is 5.88 Å². The van der Waals surface area contributed by atoms with Crippen LogP contribution in [0.4, 0.5) is 5.82 Å². The highest BCUT2D eigenvalue weighted by Crippen LogP contribution is 2.26. The molecule has 0 saturated heterocycles. The van der Waals surface area contributed by atoms with Gasteiger partial charge in [-0.05, 0) is 12.1 Å². The summed E-state index contributed by atoms with van der Waals surface area (Å²) in [5, 5.41) is 9.87. The van der Waals surface area contributed by atoms with Gasteiger partial charge < -0.3 is 15.8 Å². The Hall–Kier alpha value is -1.71. The predicted molar refractivity (Wildman–Crippen MR) is 42.2 cm³/mol. The summed E-state index contributed by atoms with van der Waals surface area (Å²) in [6.45, 7) is 0. The van der Waals surface area contributed by atoms with E-state index in [1.807, 2.05) is 0 Å². The number of pyridine rings is 1. The number of nitrogens with two attached hydrogens (primary N) is 1. The van der Waals surface area contributed by atoms with Crippen molar-refractivity contribution in [3.63, 3.8) is 0 Å². The van der Waals surface area contributed by atoms with Crippen LogP contribution in [-0.2, 0) is 0 Å². The van der Waals surface area contributed by atoms with Gasteiger partial charge in [0, 0.05) is 6.20 Å². The van der Waals surface area contributed by atoms with Crippen molar-refractivity contribution in [1.29, 1.82) is 0 Å². The second kappa shape index (κ2) is 1.88. The average Bonchev–Trinajstić information content (AvgIpc) is 2.30. The van der Waals surface area contributed by atoms with Crippen molar-refractivity contribution >= 4 is 16.7 Å². The molecule has 11 heavy (non-hydrogen) atoms. The van der Waals surface area contributed by atoms with E-state index < -0.39 is 0 Å². The molecule has 0 aromatic carbocycles. The molecular weight excluding hydrogens is 142 g/mol. The van der Waals surface area contributed by atoms with Crippen LogP contribution in [-0.4, -0.2) is 15.1 Å². The Balaban J connectivity index is 2.95. The highest BCUT2D eigenvalue weighted by molar-refractivity contribution is 5.92. The molecule has 0 amide bonds. The minimum absolute atomic E-state index is 0.0746. The van der Waals surface area contributed by atoms with E-state index in [1.54, 1.807) is 18.3 Å². The van der Waals surface area contributed by atoms with Crippen molar-refractivity contribution in [3.8, 4) is 5.88 Å². The number of hydrogen-bond donors (Lipinski definition) is 3. The van der Waals surface area contributed by atoms with Gasteiger partial charge in [0.1, 0.15) is 11.3 Å². The number of anilines is 1. The first-order valence-electron chi connectivity index (χ1n) is 3.20. The van der Waals surface area contributed by atoms with Crippen LogP contribution in [0.3, 0.4) is 0 Å². The van der Waals surface area contributed by atoms with Crippen LogP contribution in [0.1, 0.15) is 0 Å². The number of nitrogen functional groups attached to an aromatic ring is 1. The summed E-state index contributed by atoms with van der Waals surface area (Å²) in [5.74, 6) is 0.476. The van der Waals surface area contributed by atoms with E-state index in [-0.39, 0.29) is 5.88 Å². The molecule has 2 aromatic heterocycles. The summed E-state index contributed by atoms with van der Waals surface area (Å²) in [6, 6.07) is 3.50. The molecule has 0 spiro atoms. The maximum absolute atomic E-state index is 9.22. The number of nitrogens with zero attached hydrogens (tertiary/aromatic N) is 1. The highest BCUT2D eigenvalue weighted by Gasteiger charge is 2.05. The molecule has 2 heterocycles. The average molecular weight is 149 g/mol. The molecular formula is C7H7N3O. The molecule has 4 N–H and O–H groups in total. The first-order chi connectivity index (χ1) is 5.29. The number of aromatic hydroxyl groups is 1. The van der Waals surface area contributed by atoms with Gasteiger partial charge in [0.25, 0.3) is 0 Å². The first-order valence-corrected chi connectivity index (χ1v) is 3.20. The SMILES string of the molecule is Nc1[nH]c(O)c2cccnc12. The number of aromatic amines is 1. The Labute approximate surface area is 62.7 Å². The molecule has 0 bridgehead atoms. The van der Waals surface area contributed by atoms with Gasteiger partial charge in [-0.2, -0.15) is 0 Å². The Morgan fingerprint density at radius 2 is 2.36 bits per heavy atom. The monoisotopic (exact) mass is 149 g/mol. The number of fused-ring (bicyclic) bond motifs is 1. The van der Waals surface area contributed by atoms with Crippen LogP contribution < -0.4 is 5.73 Å². The Morgan fingerprint density at radius 3 is 3.09 bits per heavy atom. The summed E-state index contributed by atoms with van der Waals surface area (Å²) in [7, 11) is 0. The molecule has 0 aliphatic carbocycles. The third-order valence-corrected chi connectivity index (χ3v) is 1.57. The summed E-state index contributed by atoms with van der Waals surface area (Å²) >= 11 is 0. The van der Waals surface area contributed by atoms with Crippen LogP contribution in [0, 0.1) is 0 Å². The smallest absolute Gasteiger partial charge is 0.199 e. The van der Waals surface area contributed by atoms with Crippen molar-refractivity contribution in [2.75, 3.05) is 5.73 Å². The topological polar surface area (TPSA) is 74.9 Å². The molecule has 0 aliphatic heterocycles. The molecule has 2 rings (SSSR count). The maximum Gasteiger partial charge on any atom is 0.199 e. The van der Waals surface area contributed by atoms with E-state index in [1.165, 1.54) is 0 Å². The van der Waals surface area contributed by atoms with E-state index in [0.29, 0.717) is 16.7 Å². The molecule has 4 nitrogen and oxygen atoms in total. The zero-order valence-corrected chi connectivity index (χ0v) is 5.70. The zero-order valence-electron chi connectivity index (χ0n) is 5.70. The van der Waals surface area contributed by atoms with Crippen LogP contribution in [0.5, 0.6) is 5.88 Å². The first kappa shape index (κ1) is 6.03. The molecule has 2 aromatic rings. The second-order valence-corrected chi connectivity index (χ2v) is 2.29. The maximum atomic E-state index is 9.22. The van der Waals surface area contributed by atoms with Crippen LogP contribution in [0.2, 0.25) is 0 Å². The quantitative estimate of drug-likeness (QED) is 0.519. The molecule has 0 atom stereocenters. The van der Waals surface area contributed by atoms with Crippen molar-refractivity contribution < 1.29 is 5.11 Å². The minimum Gasteiger partial charge on any atom is -0.494 e. The van der Waals surface area contributed by atoms with E-state index in [0.717, 1.165) is 0 Å². The third kappa shape index (κ3) is 0.724. The van der Waals surface area contributed by atoms with Crippen molar-refractivity contribution in [2.45, 2.75) is 0 Å². The Bertz CT molecular complexity index is 357. The lowest BCUT2D eigenvalue weighted by molar-refractivity contribution is 0.463. The molecule has 4 heteroatoms. The van der Waals surface area contributed by atoms with Gasteiger partial charge in [-0.15, -0.1) is 0 Å². The summed E-state index contributed by atoms with van der Waals surface area (Å²) in [5.41, 5.74) is 6.11. The lowest BCUT2D eigenvalue weighted by Gasteiger charge is -1.86. The fourth-order valence-corrected chi connectivity index (χ4v) is 1.07. The molecule has 0 radical (unpaired) electrons. The molecule has 0 saturated carbocycles. The normalized spacial score (nSPS) is 10.5. The van der Waals surface area contributed by atoms with Crippen molar-refractivity contribution in [3.05, 3.63) is 18.3 Å². The number of hydrogen-bond acceptors (Lipinski definition) is 3. The van der Waals surface area contributed by atoms with Gasteiger partial charge in [-0.3, -0.25) is 4.98 Å². The standard InChI is InChI=1S/C7H7N3O/c8-6-5-4(7(11)10-6)2-1-3-9-5/h1-3,10-11H,8H2. The molecule has 0 unspecified atom stereocenters. The largest absolute Gasteiger partial charge is 0.494 e. The molecule has 0 fully saturated rings. The van der Waals surface area contributed by atoms with Crippen LogP contribution in [0.15, 0.2) is 18.3 Å². The van der Waals surface area contributed by atoms with Crippen LogP contribution in [0.25, 0.3) is 10.9 Å². The van der Waals surface area contributed by atoms with E-state index in [4.69, 9.17) is 5.73 Å². The lowest BCUT2D eigenvalue weighted by atomic mass is 10.3.